The van der Waals surface area contributed by atoms with Crippen molar-refractivity contribution >= 4 is 5.97 Å². The lowest BCUT2D eigenvalue weighted by Crippen LogP contribution is -2.24. The first-order chi connectivity index (χ1) is 9.10. The largest absolute Gasteiger partial charge is 0.478 e. The summed E-state index contributed by atoms with van der Waals surface area (Å²) in [6.45, 7) is 0.478. The van der Waals surface area contributed by atoms with E-state index in [1.807, 2.05) is 18.2 Å². The summed E-state index contributed by atoms with van der Waals surface area (Å²) >= 11 is 0. The van der Waals surface area contributed by atoms with E-state index >= 15 is 0 Å². The number of rotatable bonds is 3. The van der Waals surface area contributed by atoms with E-state index in [1.54, 1.807) is 23.2 Å². The lowest BCUT2D eigenvalue weighted by Gasteiger charge is -2.22. The molecule has 0 spiro atoms. The van der Waals surface area contributed by atoms with Gasteiger partial charge in [0.15, 0.2) is 0 Å². The maximum absolute atomic E-state index is 10.9. The molecule has 1 atom stereocenters. The summed E-state index contributed by atoms with van der Waals surface area (Å²) in [7, 11) is 0. The molecule has 1 aliphatic heterocycles. The number of carboxylic acid groups (broad SMARTS) is 1. The van der Waals surface area contributed by atoms with Gasteiger partial charge in [-0.05, 0) is 23.8 Å². The Kier molecular flexibility index (Phi) is 3.64. The second kappa shape index (κ2) is 5.38. The molecule has 1 unspecified atom stereocenters. The van der Waals surface area contributed by atoms with Gasteiger partial charge in [-0.2, -0.15) is 5.26 Å². The minimum atomic E-state index is -1.14. The fourth-order valence-electron chi connectivity index (χ4n) is 1.77. The quantitative estimate of drug-likeness (QED) is 0.849. The Bertz CT molecular complexity index is 582. The van der Waals surface area contributed by atoms with Gasteiger partial charge in [-0.25, -0.2) is 4.79 Å². The van der Waals surface area contributed by atoms with E-state index in [2.05, 4.69) is 0 Å². The number of aliphatic hydroxyl groups excluding tert-OH is 1. The molecule has 19 heavy (non-hydrogen) atoms. The molecule has 0 aromatic heterocycles. The molecule has 0 radical (unpaired) electrons. The monoisotopic (exact) mass is 256 g/mol. The van der Waals surface area contributed by atoms with E-state index in [9.17, 15) is 9.90 Å². The van der Waals surface area contributed by atoms with Crippen LogP contribution in [-0.4, -0.2) is 27.2 Å². The van der Waals surface area contributed by atoms with Crippen LogP contribution in [0.3, 0.4) is 0 Å². The van der Waals surface area contributed by atoms with Crippen LogP contribution < -0.4 is 0 Å². The second-order valence-electron chi connectivity index (χ2n) is 4.16. The van der Waals surface area contributed by atoms with Crippen LogP contribution in [0, 0.1) is 11.3 Å². The van der Waals surface area contributed by atoms with Gasteiger partial charge in [-0.3, -0.25) is 0 Å². The van der Waals surface area contributed by atoms with Crippen molar-refractivity contribution in [2.75, 3.05) is 0 Å². The van der Waals surface area contributed by atoms with Crippen LogP contribution in [0.4, 0.5) is 0 Å². The molecule has 0 fully saturated rings. The van der Waals surface area contributed by atoms with E-state index in [0.29, 0.717) is 12.1 Å². The summed E-state index contributed by atoms with van der Waals surface area (Å²) in [5.74, 6) is -1.14. The number of carbonyl (C=O) groups is 1. The first-order valence-electron chi connectivity index (χ1n) is 5.66. The molecule has 2 N–H and O–H groups in total. The minimum Gasteiger partial charge on any atom is -0.478 e. The fraction of sp³-hybridized carbons (Fsp3) is 0.143. The molecule has 0 amide bonds. The van der Waals surface area contributed by atoms with Gasteiger partial charge in [0, 0.05) is 18.9 Å². The zero-order valence-electron chi connectivity index (χ0n) is 10.0. The topological polar surface area (TPSA) is 84.6 Å². The fourth-order valence-corrected chi connectivity index (χ4v) is 1.77. The third kappa shape index (κ3) is 3.00. The van der Waals surface area contributed by atoms with Crippen LogP contribution in [0.1, 0.15) is 11.1 Å². The highest BCUT2D eigenvalue weighted by Gasteiger charge is 2.20. The number of aliphatic hydroxyl groups is 1. The van der Waals surface area contributed by atoms with Crippen LogP contribution in [0.25, 0.3) is 0 Å². The summed E-state index contributed by atoms with van der Waals surface area (Å²) in [6.07, 6.45) is 3.39. The molecule has 5 nitrogen and oxygen atoms in total. The lowest BCUT2D eigenvalue weighted by atomic mass is 10.1. The molecule has 1 aliphatic rings. The highest BCUT2D eigenvalue weighted by molar-refractivity contribution is 5.88. The van der Waals surface area contributed by atoms with Gasteiger partial charge in [-0.15, -0.1) is 0 Å². The standard InChI is InChI=1S/C14H12N2O3/c15-7-10-1-3-11(4-2-10)8-16-6-5-13(17)12(9-16)14(18)19/h1-6,9,13,17H,8H2,(H,18,19). The molecule has 96 valence electrons. The molecule has 1 aromatic rings. The number of hydrogen-bond donors (Lipinski definition) is 2. The average Bonchev–Trinajstić information content (AvgIpc) is 2.41. The van der Waals surface area contributed by atoms with E-state index in [0.717, 1.165) is 5.56 Å². The van der Waals surface area contributed by atoms with Crippen molar-refractivity contribution < 1.29 is 15.0 Å². The number of nitriles is 1. The number of benzene rings is 1. The Balaban J connectivity index is 2.13. The van der Waals surface area contributed by atoms with Crippen molar-refractivity contribution in [2.45, 2.75) is 12.6 Å². The van der Waals surface area contributed by atoms with Crippen molar-refractivity contribution in [1.29, 1.82) is 5.26 Å². The third-order valence-corrected chi connectivity index (χ3v) is 2.78. The van der Waals surface area contributed by atoms with Crippen LogP contribution in [0.15, 0.2) is 48.3 Å². The third-order valence-electron chi connectivity index (χ3n) is 2.78. The summed E-state index contributed by atoms with van der Waals surface area (Å²) in [5, 5.41) is 27.1. The number of aliphatic carboxylic acids is 1. The summed E-state index contributed by atoms with van der Waals surface area (Å²) in [5.41, 5.74) is 1.47. The van der Waals surface area contributed by atoms with E-state index in [4.69, 9.17) is 10.4 Å². The molecule has 1 heterocycles. The van der Waals surface area contributed by atoms with Gasteiger partial charge in [-0.1, -0.05) is 12.1 Å². The highest BCUT2D eigenvalue weighted by Crippen LogP contribution is 2.16. The molecular formula is C14H12N2O3. The Morgan fingerprint density at radius 2 is 2.05 bits per heavy atom. The van der Waals surface area contributed by atoms with Crippen molar-refractivity contribution in [3.05, 3.63) is 59.4 Å². The molecule has 0 saturated heterocycles. The molecule has 0 bridgehead atoms. The van der Waals surface area contributed by atoms with Gasteiger partial charge < -0.3 is 15.1 Å². The molecule has 1 aromatic carbocycles. The zero-order valence-corrected chi connectivity index (χ0v) is 10.0. The van der Waals surface area contributed by atoms with Crippen LogP contribution in [-0.2, 0) is 11.3 Å². The van der Waals surface area contributed by atoms with E-state index in [-0.39, 0.29) is 5.57 Å². The van der Waals surface area contributed by atoms with Gasteiger partial charge in [0.1, 0.15) is 6.10 Å². The van der Waals surface area contributed by atoms with Crippen molar-refractivity contribution in [3.63, 3.8) is 0 Å². The van der Waals surface area contributed by atoms with E-state index < -0.39 is 12.1 Å². The van der Waals surface area contributed by atoms with Gasteiger partial charge in [0.2, 0.25) is 0 Å². The Morgan fingerprint density at radius 3 is 2.63 bits per heavy atom. The Morgan fingerprint density at radius 1 is 1.37 bits per heavy atom. The highest BCUT2D eigenvalue weighted by atomic mass is 16.4. The molecule has 0 aliphatic carbocycles. The predicted octanol–water partition coefficient (Wildman–Crippen LogP) is 1.22. The van der Waals surface area contributed by atoms with Crippen molar-refractivity contribution in [2.24, 2.45) is 0 Å². The van der Waals surface area contributed by atoms with Gasteiger partial charge in [0.25, 0.3) is 0 Å². The normalized spacial score (nSPS) is 17.8. The first kappa shape index (κ1) is 12.9. The van der Waals surface area contributed by atoms with Crippen molar-refractivity contribution in [1.82, 2.24) is 4.90 Å². The van der Waals surface area contributed by atoms with E-state index in [1.165, 1.54) is 12.3 Å². The lowest BCUT2D eigenvalue weighted by molar-refractivity contribution is -0.133. The molecule has 0 saturated carbocycles. The average molecular weight is 256 g/mol. The summed E-state index contributed by atoms with van der Waals surface area (Å²) in [4.78, 5) is 12.6. The number of hydrogen-bond acceptors (Lipinski definition) is 4. The number of nitrogens with zero attached hydrogens (tertiary/aromatic N) is 2. The summed E-state index contributed by atoms with van der Waals surface area (Å²) in [6, 6.07) is 9.07. The maximum atomic E-state index is 10.9. The molecular weight excluding hydrogens is 244 g/mol. The molecule has 5 heteroatoms. The van der Waals surface area contributed by atoms with Gasteiger partial charge in [0.05, 0.1) is 17.2 Å². The Labute approximate surface area is 110 Å². The summed E-state index contributed by atoms with van der Waals surface area (Å²) < 4.78 is 0. The first-order valence-corrected chi connectivity index (χ1v) is 5.66. The Hall–Kier alpha value is -2.58. The van der Waals surface area contributed by atoms with Crippen LogP contribution >= 0.6 is 0 Å². The maximum Gasteiger partial charge on any atom is 0.336 e. The van der Waals surface area contributed by atoms with Crippen molar-refractivity contribution in [3.8, 4) is 6.07 Å². The van der Waals surface area contributed by atoms with Crippen LogP contribution in [0.2, 0.25) is 0 Å². The second-order valence-corrected chi connectivity index (χ2v) is 4.16. The zero-order chi connectivity index (χ0) is 13.8. The number of carboxylic acids is 1. The smallest absolute Gasteiger partial charge is 0.336 e. The minimum absolute atomic E-state index is 0.0591. The molecule has 2 rings (SSSR count). The van der Waals surface area contributed by atoms with Crippen LogP contribution in [0.5, 0.6) is 0 Å². The van der Waals surface area contributed by atoms with Gasteiger partial charge >= 0.3 is 5.97 Å². The predicted molar refractivity (Wildman–Crippen MR) is 67.6 cm³/mol. The SMILES string of the molecule is N#Cc1ccc(CN2C=CC(O)C(C(=O)O)=C2)cc1.